The Kier molecular flexibility index (Phi) is 4.18. The molecule has 3 N–H and O–H groups in total. The molecule has 0 aliphatic heterocycles. The van der Waals surface area contributed by atoms with Crippen molar-refractivity contribution in [2.45, 2.75) is 12.5 Å². The average molecular weight is 384 g/mol. The topological polar surface area (TPSA) is 80.5 Å². The van der Waals surface area contributed by atoms with E-state index < -0.39 is 0 Å². The van der Waals surface area contributed by atoms with Gasteiger partial charge >= 0.3 is 0 Å². The van der Waals surface area contributed by atoms with Crippen molar-refractivity contribution in [1.82, 2.24) is 19.9 Å². The van der Waals surface area contributed by atoms with Gasteiger partial charge in [-0.15, -0.1) is 0 Å². The molecule has 2 heterocycles. The highest BCUT2D eigenvalue weighted by molar-refractivity contribution is 14.1. The summed E-state index contributed by atoms with van der Waals surface area (Å²) in [7, 11) is 0. The largest absolute Gasteiger partial charge is 0.348 e. The third kappa shape index (κ3) is 3.06. The van der Waals surface area contributed by atoms with Crippen molar-refractivity contribution < 1.29 is 0 Å². The Labute approximate surface area is 121 Å². The summed E-state index contributed by atoms with van der Waals surface area (Å²) in [6, 6.07) is -0.305. The van der Waals surface area contributed by atoms with Gasteiger partial charge in [0.05, 0.1) is 21.6 Å². The van der Waals surface area contributed by atoms with Crippen molar-refractivity contribution in [3.05, 3.63) is 37.9 Å². The number of halogens is 3. The van der Waals surface area contributed by atoms with Crippen LogP contribution in [0.1, 0.15) is 17.4 Å². The van der Waals surface area contributed by atoms with Gasteiger partial charge in [-0.25, -0.2) is 15.0 Å². The molecule has 0 aliphatic carbocycles. The van der Waals surface area contributed by atoms with Crippen LogP contribution in [0.15, 0.2) is 12.5 Å². The van der Waals surface area contributed by atoms with Crippen LogP contribution < -0.4 is 5.73 Å². The first-order valence-corrected chi connectivity index (χ1v) is 6.52. The molecule has 90 valence electrons. The van der Waals surface area contributed by atoms with Crippen molar-refractivity contribution in [1.29, 1.82) is 0 Å². The first kappa shape index (κ1) is 13.0. The standard InChI is InChI=1S/C9H8Cl2IN5/c10-8-6(12)7(16-9(11)17-8)5(13)1-4-2-14-3-15-4/h2-3,5H,1,13H2,(H,14,15). The van der Waals surface area contributed by atoms with Crippen LogP contribution in [0.2, 0.25) is 10.4 Å². The van der Waals surface area contributed by atoms with E-state index in [-0.39, 0.29) is 11.3 Å². The summed E-state index contributed by atoms with van der Waals surface area (Å²) in [4.78, 5) is 14.9. The van der Waals surface area contributed by atoms with Gasteiger partial charge in [0.15, 0.2) is 0 Å². The number of hydrogen-bond acceptors (Lipinski definition) is 4. The van der Waals surface area contributed by atoms with E-state index >= 15 is 0 Å². The molecule has 1 unspecified atom stereocenters. The van der Waals surface area contributed by atoms with E-state index in [2.05, 4.69) is 42.5 Å². The van der Waals surface area contributed by atoms with Gasteiger partial charge in [-0.2, -0.15) is 0 Å². The quantitative estimate of drug-likeness (QED) is 0.484. The van der Waals surface area contributed by atoms with Crippen LogP contribution in [-0.2, 0) is 6.42 Å². The van der Waals surface area contributed by atoms with Crippen LogP contribution in [0, 0.1) is 3.57 Å². The molecule has 0 spiro atoms. The number of imidazole rings is 1. The molecule has 0 saturated heterocycles. The number of aromatic nitrogens is 4. The van der Waals surface area contributed by atoms with Gasteiger partial charge < -0.3 is 10.7 Å². The normalized spacial score (nSPS) is 12.7. The lowest BCUT2D eigenvalue weighted by Crippen LogP contribution is -2.17. The first-order valence-electron chi connectivity index (χ1n) is 4.69. The molecule has 2 rings (SSSR count). The van der Waals surface area contributed by atoms with Gasteiger partial charge in [-0.05, 0) is 34.2 Å². The highest BCUT2D eigenvalue weighted by Crippen LogP contribution is 2.25. The van der Waals surface area contributed by atoms with Crippen LogP contribution in [0.4, 0.5) is 0 Å². The Morgan fingerprint density at radius 2 is 2.18 bits per heavy atom. The van der Waals surface area contributed by atoms with E-state index in [1.807, 2.05) is 0 Å². The summed E-state index contributed by atoms with van der Waals surface area (Å²) in [5, 5.41) is 0.422. The Hall–Kier alpha value is -0.440. The average Bonchev–Trinajstić information content (AvgIpc) is 2.76. The van der Waals surface area contributed by atoms with Gasteiger partial charge in [0.25, 0.3) is 0 Å². The van der Waals surface area contributed by atoms with Crippen LogP contribution >= 0.6 is 45.8 Å². The summed E-state index contributed by atoms with van der Waals surface area (Å²) in [6.07, 6.45) is 3.91. The Balaban J connectivity index is 2.27. The zero-order valence-electron chi connectivity index (χ0n) is 8.49. The van der Waals surface area contributed by atoms with E-state index in [0.29, 0.717) is 17.3 Å². The number of hydrogen-bond donors (Lipinski definition) is 2. The first-order chi connectivity index (χ1) is 8.08. The molecule has 2 aromatic heterocycles. The molecule has 5 nitrogen and oxygen atoms in total. The summed E-state index contributed by atoms with van der Waals surface area (Å²) >= 11 is 13.7. The van der Waals surface area contributed by atoms with Crippen LogP contribution in [0.25, 0.3) is 0 Å². The van der Waals surface area contributed by atoms with E-state index in [1.165, 1.54) is 0 Å². The molecule has 2 aromatic rings. The van der Waals surface area contributed by atoms with Crippen LogP contribution in [-0.4, -0.2) is 19.9 Å². The monoisotopic (exact) mass is 383 g/mol. The van der Waals surface area contributed by atoms with E-state index in [0.717, 1.165) is 9.26 Å². The molecular weight excluding hydrogens is 376 g/mol. The van der Waals surface area contributed by atoms with Gasteiger partial charge in [0, 0.05) is 18.3 Å². The summed E-state index contributed by atoms with van der Waals surface area (Å²) < 4.78 is 0.723. The van der Waals surface area contributed by atoms with Crippen molar-refractivity contribution in [2.24, 2.45) is 5.73 Å². The van der Waals surface area contributed by atoms with Gasteiger partial charge in [0.2, 0.25) is 5.28 Å². The van der Waals surface area contributed by atoms with E-state index in [9.17, 15) is 0 Å². The number of nitrogens with one attached hydrogen (secondary N) is 1. The minimum atomic E-state index is -0.305. The van der Waals surface area contributed by atoms with Gasteiger partial charge in [-0.3, -0.25) is 0 Å². The second-order valence-electron chi connectivity index (χ2n) is 3.37. The molecule has 0 fully saturated rings. The van der Waals surface area contributed by atoms with Crippen LogP contribution in [0.3, 0.4) is 0 Å². The molecule has 0 aliphatic rings. The molecule has 0 amide bonds. The molecule has 0 aromatic carbocycles. The van der Waals surface area contributed by atoms with Crippen molar-refractivity contribution in [2.75, 3.05) is 0 Å². The fourth-order valence-corrected chi connectivity index (χ4v) is 2.42. The van der Waals surface area contributed by atoms with Crippen molar-refractivity contribution in [3.8, 4) is 0 Å². The number of rotatable bonds is 3. The Morgan fingerprint density at radius 3 is 2.82 bits per heavy atom. The lowest BCUT2D eigenvalue weighted by Gasteiger charge is -2.12. The Morgan fingerprint density at radius 1 is 1.41 bits per heavy atom. The predicted octanol–water partition coefficient (Wildman–Crippen LogP) is 2.35. The summed E-state index contributed by atoms with van der Waals surface area (Å²) in [5.41, 5.74) is 7.64. The molecular formula is C9H8Cl2IN5. The second-order valence-corrected chi connectivity index (χ2v) is 5.14. The maximum atomic E-state index is 6.06. The van der Waals surface area contributed by atoms with Crippen molar-refractivity contribution in [3.63, 3.8) is 0 Å². The van der Waals surface area contributed by atoms with E-state index in [4.69, 9.17) is 28.9 Å². The maximum Gasteiger partial charge on any atom is 0.224 e. The molecule has 1 atom stereocenters. The minimum absolute atomic E-state index is 0.102. The number of nitrogens with two attached hydrogens (primary N) is 1. The SMILES string of the molecule is NC(Cc1cnc[nH]1)c1nc(Cl)nc(Cl)c1I. The second kappa shape index (κ2) is 5.47. The van der Waals surface area contributed by atoms with Crippen LogP contribution in [0.5, 0.6) is 0 Å². The smallest absolute Gasteiger partial charge is 0.224 e. The van der Waals surface area contributed by atoms with Gasteiger partial charge in [-0.1, -0.05) is 11.6 Å². The lowest BCUT2D eigenvalue weighted by molar-refractivity contribution is 0.678. The van der Waals surface area contributed by atoms with Gasteiger partial charge in [0.1, 0.15) is 5.15 Å². The molecule has 0 saturated carbocycles. The molecule has 0 radical (unpaired) electrons. The Bertz CT molecular complexity index is 516. The maximum absolute atomic E-state index is 6.06. The number of H-pyrrole nitrogens is 1. The third-order valence-corrected chi connectivity index (χ3v) is 3.98. The number of nitrogens with zero attached hydrogens (tertiary/aromatic N) is 3. The summed E-state index contributed by atoms with van der Waals surface area (Å²) in [6.45, 7) is 0. The highest BCUT2D eigenvalue weighted by atomic mass is 127. The van der Waals surface area contributed by atoms with E-state index in [1.54, 1.807) is 12.5 Å². The molecule has 17 heavy (non-hydrogen) atoms. The molecule has 0 bridgehead atoms. The lowest BCUT2D eigenvalue weighted by atomic mass is 10.1. The zero-order chi connectivity index (χ0) is 12.4. The number of aromatic amines is 1. The third-order valence-electron chi connectivity index (χ3n) is 2.16. The fourth-order valence-electron chi connectivity index (χ4n) is 1.38. The molecule has 8 heteroatoms. The predicted molar refractivity (Wildman–Crippen MR) is 74.0 cm³/mol. The fraction of sp³-hybridized carbons (Fsp3) is 0.222. The minimum Gasteiger partial charge on any atom is -0.348 e. The zero-order valence-corrected chi connectivity index (χ0v) is 12.2. The van der Waals surface area contributed by atoms with Crippen molar-refractivity contribution >= 4 is 45.8 Å². The summed E-state index contributed by atoms with van der Waals surface area (Å²) in [5.74, 6) is 0. The highest BCUT2D eigenvalue weighted by Gasteiger charge is 2.17.